The minimum absolute atomic E-state index is 0.0586. The SMILES string of the molecule is O=C(c1ccccc1F)[C@H]1[C@H](c2ccccc2)C2(C(=O)c3ccccc3C2=O)C2C=Cc3ccccc3N21. The van der Waals surface area contributed by atoms with Crippen molar-refractivity contribution in [3.05, 3.63) is 143 Å². The summed E-state index contributed by atoms with van der Waals surface area (Å²) in [5.41, 5.74) is 1.39. The number of hydrogen-bond donors (Lipinski definition) is 0. The van der Waals surface area contributed by atoms with E-state index < -0.39 is 35.0 Å². The second-order valence-corrected chi connectivity index (χ2v) is 10.0. The first kappa shape index (κ1) is 22.5. The van der Waals surface area contributed by atoms with Crippen molar-refractivity contribution in [1.82, 2.24) is 0 Å². The number of para-hydroxylation sites is 1. The number of hydrogen-bond acceptors (Lipinski definition) is 4. The maximum absolute atomic E-state index is 15.1. The molecule has 1 fully saturated rings. The Labute approximate surface area is 219 Å². The Morgan fingerprint density at radius 3 is 2.05 bits per heavy atom. The largest absolute Gasteiger partial charge is 0.352 e. The van der Waals surface area contributed by atoms with Crippen LogP contribution in [-0.4, -0.2) is 29.4 Å². The molecular formula is C33H22FNO3. The fourth-order valence-electron chi connectivity index (χ4n) is 6.77. The Hall–Kier alpha value is -4.64. The molecule has 0 radical (unpaired) electrons. The lowest BCUT2D eigenvalue weighted by atomic mass is 9.64. The quantitative estimate of drug-likeness (QED) is 0.251. The number of carbonyl (C=O) groups is 3. The zero-order valence-electron chi connectivity index (χ0n) is 20.3. The number of ketones is 3. The molecule has 1 unspecified atom stereocenters. The van der Waals surface area contributed by atoms with Crippen LogP contribution < -0.4 is 4.90 Å². The van der Waals surface area contributed by atoms with Crippen molar-refractivity contribution < 1.29 is 18.8 Å². The van der Waals surface area contributed by atoms with Crippen molar-refractivity contribution in [2.75, 3.05) is 4.90 Å². The number of anilines is 1. The number of carbonyl (C=O) groups excluding carboxylic acids is 3. The summed E-state index contributed by atoms with van der Waals surface area (Å²) in [6.07, 6.45) is 3.79. The van der Waals surface area contributed by atoms with Crippen LogP contribution in [0.4, 0.5) is 10.1 Å². The van der Waals surface area contributed by atoms with Gasteiger partial charge in [0.15, 0.2) is 17.3 Å². The highest BCUT2D eigenvalue weighted by Gasteiger charge is 2.71. The van der Waals surface area contributed by atoms with Gasteiger partial charge in [-0.2, -0.15) is 0 Å². The van der Waals surface area contributed by atoms with Gasteiger partial charge in [-0.15, -0.1) is 0 Å². The van der Waals surface area contributed by atoms with Gasteiger partial charge in [-0.3, -0.25) is 14.4 Å². The number of rotatable bonds is 3. The van der Waals surface area contributed by atoms with Gasteiger partial charge in [0, 0.05) is 22.7 Å². The molecule has 2 aliphatic heterocycles. The monoisotopic (exact) mass is 499 g/mol. The highest BCUT2D eigenvalue weighted by atomic mass is 19.1. The zero-order chi connectivity index (χ0) is 26.0. The third-order valence-electron chi connectivity index (χ3n) is 8.28. The highest BCUT2D eigenvalue weighted by molar-refractivity contribution is 6.32. The first-order chi connectivity index (χ1) is 18.5. The molecule has 0 N–H and O–H groups in total. The molecular weight excluding hydrogens is 477 g/mol. The number of nitrogens with zero attached hydrogens (tertiary/aromatic N) is 1. The highest BCUT2D eigenvalue weighted by Crippen LogP contribution is 2.60. The molecule has 0 bridgehead atoms. The second kappa shape index (κ2) is 8.18. The molecule has 1 aliphatic carbocycles. The van der Waals surface area contributed by atoms with Crippen molar-refractivity contribution in [2.24, 2.45) is 5.41 Å². The van der Waals surface area contributed by atoms with Crippen molar-refractivity contribution >= 4 is 29.1 Å². The van der Waals surface area contributed by atoms with Gasteiger partial charge in [-0.25, -0.2) is 4.39 Å². The van der Waals surface area contributed by atoms with E-state index in [0.29, 0.717) is 16.7 Å². The topological polar surface area (TPSA) is 54.5 Å². The van der Waals surface area contributed by atoms with Crippen molar-refractivity contribution in [3.63, 3.8) is 0 Å². The van der Waals surface area contributed by atoms with E-state index in [9.17, 15) is 14.4 Å². The Kier molecular flexibility index (Phi) is 4.86. The summed E-state index contributed by atoms with van der Waals surface area (Å²) in [7, 11) is 0. The number of benzene rings is 4. The van der Waals surface area contributed by atoms with Gasteiger partial charge in [0.25, 0.3) is 0 Å². The summed E-state index contributed by atoms with van der Waals surface area (Å²) >= 11 is 0. The molecule has 4 aromatic rings. The summed E-state index contributed by atoms with van der Waals surface area (Å²) in [4.78, 5) is 45.3. The molecule has 184 valence electrons. The lowest BCUT2D eigenvalue weighted by molar-refractivity contribution is 0.0666. The minimum Gasteiger partial charge on any atom is -0.352 e. The van der Waals surface area contributed by atoms with Crippen molar-refractivity contribution in [3.8, 4) is 0 Å². The van der Waals surface area contributed by atoms with Crippen LogP contribution in [0.5, 0.6) is 0 Å². The van der Waals surface area contributed by atoms with Crippen LogP contribution in [-0.2, 0) is 0 Å². The van der Waals surface area contributed by atoms with Gasteiger partial charge in [-0.05, 0) is 29.3 Å². The van der Waals surface area contributed by atoms with Gasteiger partial charge in [0.1, 0.15) is 17.3 Å². The third kappa shape index (κ3) is 2.81. The Balaban J connectivity index is 1.56. The van der Waals surface area contributed by atoms with Gasteiger partial charge in [0.05, 0.1) is 11.6 Å². The van der Waals surface area contributed by atoms with Gasteiger partial charge < -0.3 is 4.90 Å². The van der Waals surface area contributed by atoms with Crippen LogP contribution in [0.15, 0.2) is 109 Å². The fourth-order valence-corrected chi connectivity index (χ4v) is 6.77. The number of Topliss-reactive ketones (excluding diaryl/α,β-unsaturated/α-hetero) is 3. The molecule has 7 rings (SSSR count). The van der Waals surface area contributed by atoms with Gasteiger partial charge in [0.2, 0.25) is 0 Å². The van der Waals surface area contributed by atoms with E-state index >= 15 is 4.39 Å². The molecule has 4 nitrogen and oxygen atoms in total. The van der Waals surface area contributed by atoms with Gasteiger partial charge >= 0.3 is 0 Å². The van der Waals surface area contributed by atoms with E-state index in [-0.39, 0.29) is 17.1 Å². The molecule has 1 saturated heterocycles. The average molecular weight is 500 g/mol. The molecule has 0 amide bonds. The van der Waals surface area contributed by atoms with Crippen LogP contribution in [0.3, 0.4) is 0 Å². The van der Waals surface area contributed by atoms with E-state index in [1.165, 1.54) is 12.1 Å². The molecule has 1 spiro atoms. The molecule has 0 aromatic heterocycles. The number of fused-ring (bicyclic) bond motifs is 5. The summed E-state index contributed by atoms with van der Waals surface area (Å²) in [6, 6.07) is 27.9. The lowest BCUT2D eigenvalue weighted by Gasteiger charge is -2.37. The van der Waals surface area contributed by atoms with E-state index in [4.69, 9.17) is 0 Å². The summed E-state index contributed by atoms with van der Waals surface area (Å²) < 4.78 is 15.1. The molecule has 2 heterocycles. The predicted octanol–water partition coefficient (Wildman–Crippen LogP) is 6.14. The van der Waals surface area contributed by atoms with Crippen LogP contribution in [0.1, 0.15) is 48.1 Å². The Bertz CT molecular complexity index is 1640. The first-order valence-corrected chi connectivity index (χ1v) is 12.6. The van der Waals surface area contributed by atoms with Crippen LogP contribution >= 0.6 is 0 Å². The maximum Gasteiger partial charge on any atom is 0.188 e. The standard InChI is InChI=1S/C33H22FNO3/c34-25-16-8-7-15-24(25)30(36)29-28(21-11-2-1-3-12-21)33(31(37)22-13-5-6-14-23(22)32(33)38)27-19-18-20-10-4-9-17-26(20)35(27)29/h1-19,27-29H/t27?,28-,29+/m0/s1. The molecule has 0 saturated carbocycles. The summed E-state index contributed by atoms with van der Waals surface area (Å²) in [5, 5.41) is 0. The van der Waals surface area contributed by atoms with E-state index in [0.717, 1.165) is 11.3 Å². The van der Waals surface area contributed by atoms with Crippen LogP contribution in [0, 0.1) is 11.2 Å². The van der Waals surface area contributed by atoms with E-state index in [2.05, 4.69) is 0 Å². The predicted molar refractivity (Wildman–Crippen MR) is 143 cm³/mol. The third-order valence-corrected chi connectivity index (χ3v) is 8.28. The normalized spacial score (nSPS) is 22.3. The summed E-state index contributed by atoms with van der Waals surface area (Å²) in [5.74, 6) is -2.52. The number of halogens is 1. The van der Waals surface area contributed by atoms with Crippen LogP contribution in [0.25, 0.3) is 6.08 Å². The van der Waals surface area contributed by atoms with Crippen molar-refractivity contribution in [1.29, 1.82) is 0 Å². The minimum atomic E-state index is -1.58. The van der Waals surface area contributed by atoms with Gasteiger partial charge in [-0.1, -0.05) is 97.1 Å². The van der Waals surface area contributed by atoms with E-state index in [1.54, 1.807) is 36.4 Å². The zero-order valence-corrected chi connectivity index (χ0v) is 20.3. The summed E-state index contributed by atoms with van der Waals surface area (Å²) in [6.45, 7) is 0. The Morgan fingerprint density at radius 2 is 1.34 bits per heavy atom. The average Bonchev–Trinajstić information content (AvgIpc) is 3.40. The Morgan fingerprint density at radius 1 is 0.737 bits per heavy atom. The smallest absolute Gasteiger partial charge is 0.188 e. The van der Waals surface area contributed by atoms with Crippen molar-refractivity contribution in [2.45, 2.75) is 18.0 Å². The lowest BCUT2D eigenvalue weighted by Crippen LogP contribution is -2.48. The van der Waals surface area contributed by atoms with E-state index in [1.807, 2.05) is 71.6 Å². The molecule has 5 heteroatoms. The molecule has 3 atom stereocenters. The van der Waals surface area contributed by atoms with Crippen LogP contribution in [0.2, 0.25) is 0 Å². The maximum atomic E-state index is 15.1. The molecule has 3 aliphatic rings. The second-order valence-electron chi connectivity index (χ2n) is 10.0. The molecule has 38 heavy (non-hydrogen) atoms. The first-order valence-electron chi connectivity index (χ1n) is 12.6. The fraction of sp³-hybridized carbons (Fsp3) is 0.121. The molecule has 4 aromatic carbocycles.